The molecule has 2 aliphatic carbocycles. The van der Waals surface area contributed by atoms with Crippen molar-refractivity contribution in [3.8, 4) is 5.75 Å². The number of carbonyl (C=O) groups excluding carboxylic acids is 1. The fourth-order valence-electron chi connectivity index (χ4n) is 4.08. The van der Waals surface area contributed by atoms with E-state index in [1.165, 1.54) is 30.6 Å². The fourth-order valence-corrected chi connectivity index (χ4v) is 5.73. The number of halogens is 2. The summed E-state index contributed by atoms with van der Waals surface area (Å²) in [4.78, 5) is 14.5. The molecule has 1 amide bonds. The zero-order valence-corrected chi connectivity index (χ0v) is 16.7. The van der Waals surface area contributed by atoms with E-state index in [4.69, 9.17) is 10.5 Å². The van der Waals surface area contributed by atoms with E-state index in [0.717, 1.165) is 22.2 Å². The second-order valence-electron chi connectivity index (χ2n) is 6.52. The molecule has 3 N–H and O–H groups in total. The van der Waals surface area contributed by atoms with Crippen LogP contribution in [0.5, 0.6) is 5.75 Å². The molecule has 130 valence electrons. The Morgan fingerprint density at radius 3 is 2.52 bits per heavy atom. The minimum atomic E-state index is -0.00646. The number of aryl methyl sites for hydroxylation is 1. The van der Waals surface area contributed by atoms with E-state index in [9.17, 15) is 4.79 Å². The zero-order valence-electron chi connectivity index (χ0n) is 13.4. The van der Waals surface area contributed by atoms with Crippen molar-refractivity contribution >= 4 is 45.6 Å². The molecule has 1 aromatic heterocycles. The van der Waals surface area contributed by atoms with Crippen molar-refractivity contribution in [1.82, 2.24) is 5.32 Å². The van der Waals surface area contributed by atoms with Gasteiger partial charge in [0.15, 0.2) is 5.75 Å². The smallest absolute Gasteiger partial charge is 0.265 e. The normalized spacial score (nSPS) is 29.6. The highest BCUT2D eigenvalue weighted by atomic mass is 79.9. The lowest BCUT2D eigenvalue weighted by Crippen LogP contribution is -2.53. The SMILES string of the molecule is COc1c(C(=O)NC2C3CCCC2CC(N)C3)sc(C)c1Br.Cl. The van der Waals surface area contributed by atoms with Crippen molar-refractivity contribution < 1.29 is 9.53 Å². The topological polar surface area (TPSA) is 64.3 Å². The molecule has 0 aromatic carbocycles. The van der Waals surface area contributed by atoms with Gasteiger partial charge in [-0.25, -0.2) is 0 Å². The summed E-state index contributed by atoms with van der Waals surface area (Å²) in [6, 6.07) is 0.572. The van der Waals surface area contributed by atoms with Gasteiger partial charge in [-0.1, -0.05) is 6.42 Å². The first-order chi connectivity index (χ1) is 10.5. The van der Waals surface area contributed by atoms with Crippen molar-refractivity contribution in [3.63, 3.8) is 0 Å². The fraction of sp³-hybridized carbons (Fsp3) is 0.688. The van der Waals surface area contributed by atoms with Gasteiger partial charge in [0, 0.05) is 17.0 Å². The molecule has 2 aliphatic rings. The molecule has 1 aromatic rings. The first kappa shape index (κ1) is 19.0. The van der Waals surface area contributed by atoms with Gasteiger partial charge in [0.05, 0.1) is 11.6 Å². The van der Waals surface area contributed by atoms with Crippen LogP contribution in [-0.2, 0) is 0 Å². The predicted molar refractivity (Wildman–Crippen MR) is 99.9 cm³/mol. The van der Waals surface area contributed by atoms with Crippen LogP contribution in [0.3, 0.4) is 0 Å². The Morgan fingerprint density at radius 1 is 1.35 bits per heavy atom. The van der Waals surface area contributed by atoms with Crippen molar-refractivity contribution in [2.45, 2.75) is 51.1 Å². The van der Waals surface area contributed by atoms with Gasteiger partial charge >= 0.3 is 0 Å². The van der Waals surface area contributed by atoms with Gasteiger partial charge < -0.3 is 15.8 Å². The number of ether oxygens (including phenoxy) is 1. The van der Waals surface area contributed by atoms with Crippen molar-refractivity contribution in [1.29, 1.82) is 0 Å². The highest BCUT2D eigenvalue weighted by Gasteiger charge is 2.40. The van der Waals surface area contributed by atoms with Gasteiger partial charge in [0.25, 0.3) is 5.91 Å². The van der Waals surface area contributed by atoms with E-state index < -0.39 is 0 Å². The first-order valence-electron chi connectivity index (χ1n) is 7.90. The van der Waals surface area contributed by atoms with Crippen LogP contribution >= 0.6 is 39.7 Å². The third-order valence-corrected chi connectivity index (χ3v) is 7.36. The summed E-state index contributed by atoms with van der Waals surface area (Å²) < 4.78 is 6.29. The lowest BCUT2D eigenvalue weighted by molar-refractivity contribution is 0.0757. The number of carbonyl (C=O) groups is 1. The molecule has 23 heavy (non-hydrogen) atoms. The van der Waals surface area contributed by atoms with Crippen LogP contribution in [0.1, 0.15) is 46.7 Å². The Labute approximate surface area is 156 Å². The van der Waals surface area contributed by atoms with Gasteiger partial charge in [0.2, 0.25) is 0 Å². The maximum absolute atomic E-state index is 12.7. The lowest BCUT2D eigenvalue weighted by Gasteiger charge is -2.45. The van der Waals surface area contributed by atoms with E-state index >= 15 is 0 Å². The number of rotatable bonds is 3. The van der Waals surface area contributed by atoms with Crippen molar-refractivity contribution in [3.05, 3.63) is 14.2 Å². The maximum atomic E-state index is 12.7. The van der Waals surface area contributed by atoms with Crippen LogP contribution < -0.4 is 15.8 Å². The second kappa shape index (κ2) is 7.72. The molecule has 0 saturated heterocycles. The summed E-state index contributed by atoms with van der Waals surface area (Å²) >= 11 is 4.98. The standard InChI is InChI=1S/C16H23BrN2O2S.ClH/c1-8-12(17)14(21-2)15(22-8)16(20)19-13-9-4-3-5-10(13)7-11(18)6-9;/h9-11,13H,3-7,18H2,1-2H3,(H,19,20);1H. The molecule has 7 heteroatoms. The van der Waals surface area contributed by atoms with E-state index in [1.807, 2.05) is 6.92 Å². The second-order valence-corrected chi connectivity index (χ2v) is 8.53. The molecule has 2 saturated carbocycles. The molecular weight excluding hydrogens is 400 g/mol. The number of fused-ring (bicyclic) bond motifs is 2. The molecule has 0 spiro atoms. The number of nitrogens with one attached hydrogen (secondary N) is 1. The monoisotopic (exact) mass is 422 g/mol. The first-order valence-corrected chi connectivity index (χ1v) is 9.51. The van der Waals surface area contributed by atoms with Crippen LogP contribution in [0, 0.1) is 18.8 Å². The summed E-state index contributed by atoms with van der Waals surface area (Å²) in [7, 11) is 1.61. The van der Waals surface area contributed by atoms with E-state index in [2.05, 4.69) is 21.2 Å². The summed E-state index contributed by atoms with van der Waals surface area (Å²) in [5.41, 5.74) is 6.16. The Hall–Kier alpha value is -0.300. The van der Waals surface area contributed by atoms with Gasteiger partial charge in [-0.2, -0.15) is 0 Å². The van der Waals surface area contributed by atoms with Crippen LogP contribution in [0.2, 0.25) is 0 Å². The average Bonchev–Trinajstić information content (AvgIpc) is 2.75. The van der Waals surface area contributed by atoms with Gasteiger partial charge in [-0.3, -0.25) is 4.79 Å². The molecule has 2 bridgehead atoms. The van der Waals surface area contributed by atoms with Crippen molar-refractivity contribution in [2.24, 2.45) is 17.6 Å². The molecule has 2 fully saturated rings. The number of hydrogen-bond donors (Lipinski definition) is 2. The molecule has 2 atom stereocenters. The number of nitrogens with two attached hydrogens (primary N) is 1. The average molecular weight is 424 g/mol. The largest absolute Gasteiger partial charge is 0.494 e. The number of methoxy groups -OCH3 is 1. The Kier molecular flexibility index (Phi) is 6.39. The van der Waals surface area contributed by atoms with Crippen LogP contribution in [-0.4, -0.2) is 25.1 Å². The lowest BCUT2D eigenvalue weighted by atomic mass is 9.67. The number of thiophene rings is 1. The highest BCUT2D eigenvalue weighted by molar-refractivity contribution is 9.10. The predicted octanol–water partition coefficient (Wildman–Crippen LogP) is 3.89. The van der Waals surface area contributed by atoms with Gasteiger partial charge in [-0.15, -0.1) is 23.7 Å². The van der Waals surface area contributed by atoms with Crippen molar-refractivity contribution in [2.75, 3.05) is 7.11 Å². The maximum Gasteiger partial charge on any atom is 0.265 e. The Bertz CT molecular complexity index is 567. The molecular formula is C16H24BrClN2O2S. The van der Waals surface area contributed by atoms with E-state index in [1.54, 1.807) is 7.11 Å². The molecule has 0 radical (unpaired) electrons. The summed E-state index contributed by atoms with van der Waals surface area (Å²) in [6.07, 6.45) is 5.69. The van der Waals surface area contributed by atoms with Crippen LogP contribution in [0.25, 0.3) is 0 Å². The summed E-state index contributed by atoms with van der Waals surface area (Å²) in [6.45, 7) is 1.99. The Morgan fingerprint density at radius 2 is 1.96 bits per heavy atom. The highest BCUT2D eigenvalue weighted by Crippen LogP contribution is 2.42. The quantitative estimate of drug-likeness (QED) is 0.775. The van der Waals surface area contributed by atoms with E-state index in [-0.39, 0.29) is 24.4 Å². The third kappa shape index (κ3) is 3.70. The van der Waals surface area contributed by atoms with Gasteiger partial charge in [-0.05, 0) is 60.4 Å². The molecule has 2 unspecified atom stereocenters. The van der Waals surface area contributed by atoms with E-state index in [0.29, 0.717) is 28.5 Å². The molecule has 4 nitrogen and oxygen atoms in total. The minimum Gasteiger partial charge on any atom is -0.494 e. The number of amides is 1. The Balaban J connectivity index is 0.00000192. The zero-order chi connectivity index (χ0) is 15.9. The van der Waals surface area contributed by atoms with Crippen LogP contribution in [0.4, 0.5) is 0 Å². The molecule has 3 rings (SSSR count). The summed E-state index contributed by atoms with van der Waals surface area (Å²) in [5, 5.41) is 3.29. The van der Waals surface area contributed by atoms with Gasteiger partial charge in [0.1, 0.15) is 4.88 Å². The minimum absolute atomic E-state index is 0. The number of hydrogen-bond acceptors (Lipinski definition) is 4. The molecule has 0 aliphatic heterocycles. The third-order valence-electron chi connectivity index (χ3n) is 5.05. The van der Waals surface area contributed by atoms with Crippen LogP contribution in [0.15, 0.2) is 4.47 Å². The summed E-state index contributed by atoms with van der Waals surface area (Å²) in [5.74, 6) is 1.70. The molecule has 1 heterocycles.